The van der Waals surface area contributed by atoms with Crippen LogP contribution < -0.4 is 5.73 Å². The first-order chi connectivity index (χ1) is 7.99. The van der Waals surface area contributed by atoms with Crippen LogP contribution in [0.4, 0.5) is 4.39 Å². The number of halogens is 1. The topological polar surface area (TPSA) is 43.8 Å². The summed E-state index contributed by atoms with van der Waals surface area (Å²) in [7, 11) is 1.93. The second-order valence-corrected chi connectivity index (χ2v) is 4.56. The van der Waals surface area contributed by atoms with Crippen molar-refractivity contribution in [2.75, 3.05) is 0 Å². The Balaban J connectivity index is 2.24. The van der Waals surface area contributed by atoms with Crippen molar-refractivity contribution < 1.29 is 4.39 Å². The van der Waals surface area contributed by atoms with Gasteiger partial charge in [-0.25, -0.2) is 9.37 Å². The summed E-state index contributed by atoms with van der Waals surface area (Å²) >= 11 is 0. The predicted molar refractivity (Wildman–Crippen MR) is 64.9 cm³/mol. The Morgan fingerprint density at radius 2 is 2.00 bits per heavy atom. The number of aryl methyl sites for hydroxylation is 1. The molecule has 0 aliphatic rings. The first kappa shape index (κ1) is 11.8. The van der Waals surface area contributed by atoms with Crippen molar-refractivity contribution in [3.63, 3.8) is 0 Å². The average Bonchev–Trinajstić information content (AvgIpc) is 2.64. The van der Waals surface area contributed by atoms with E-state index in [9.17, 15) is 4.39 Å². The van der Waals surface area contributed by atoms with E-state index in [0.717, 1.165) is 11.4 Å². The van der Waals surface area contributed by atoms with E-state index in [1.165, 1.54) is 12.1 Å². The summed E-state index contributed by atoms with van der Waals surface area (Å²) in [6.07, 6.45) is 4.24. The highest BCUT2D eigenvalue weighted by Crippen LogP contribution is 2.22. The van der Waals surface area contributed by atoms with Crippen LogP contribution in [0.15, 0.2) is 36.7 Å². The minimum Gasteiger partial charge on any atom is -0.338 e. The van der Waals surface area contributed by atoms with Gasteiger partial charge in [0.1, 0.15) is 11.6 Å². The van der Waals surface area contributed by atoms with E-state index in [2.05, 4.69) is 4.98 Å². The molecule has 0 fully saturated rings. The predicted octanol–water partition coefficient (Wildman–Crippen LogP) is 1.98. The van der Waals surface area contributed by atoms with Crippen molar-refractivity contribution >= 4 is 0 Å². The monoisotopic (exact) mass is 233 g/mol. The molecule has 1 aromatic heterocycles. The number of imidazole rings is 1. The van der Waals surface area contributed by atoms with E-state index < -0.39 is 5.54 Å². The van der Waals surface area contributed by atoms with Gasteiger partial charge in [0.05, 0.1) is 0 Å². The van der Waals surface area contributed by atoms with E-state index in [-0.39, 0.29) is 5.82 Å². The van der Waals surface area contributed by atoms with Gasteiger partial charge in [-0.05, 0) is 24.6 Å². The third-order valence-electron chi connectivity index (χ3n) is 2.95. The van der Waals surface area contributed by atoms with Crippen molar-refractivity contribution in [3.05, 3.63) is 53.9 Å². The fourth-order valence-corrected chi connectivity index (χ4v) is 1.83. The highest BCUT2D eigenvalue weighted by molar-refractivity contribution is 5.25. The maximum atomic E-state index is 12.9. The molecule has 0 spiro atoms. The Kier molecular flexibility index (Phi) is 2.98. The van der Waals surface area contributed by atoms with Crippen LogP contribution >= 0.6 is 0 Å². The molecule has 1 aromatic carbocycles. The van der Waals surface area contributed by atoms with E-state index >= 15 is 0 Å². The minimum absolute atomic E-state index is 0.249. The van der Waals surface area contributed by atoms with Gasteiger partial charge in [0.2, 0.25) is 0 Å². The molecule has 1 unspecified atom stereocenters. The number of aromatic nitrogens is 2. The summed E-state index contributed by atoms with van der Waals surface area (Å²) in [5.41, 5.74) is 6.63. The van der Waals surface area contributed by atoms with E-state index in [0.29, 0.717) is 6.42 Å². The molecule has 90 valence electrons. The SMILES string of the molecule is Cn1ccnc1CC(C)(N)c1ccc(F)cc1. The third-order valence-corrected chi connectivity index (χ3v) is 2.95. The lowest BCUT2D eigenvalue weighted by molar-refractivity contribution is 0.469. The lowest BCUT2D eigenvalue weighted by atomic mass is 9.89. The molecule has 1 heterocycles. The van der Waals surface area contributed by atoms with Gasteiger partial charge in [-0.2, -0.15) is 0 Å². The summed E-state index contributed by atoms with van der Waals surface area (Å²) in [5, 5.41) is 0. The molecule has 0 saturated carbocycles. The summed E-state index contributed by atoms with van der Waals surface area (Å²) < 4.78 is 14.8. The van der Waals surface area contributed by atoms with Crippen LogP contribution in [0.2, 0.25) is 0 Å². The van der Waals surface area contributed by atoms with Crippen molar-refractivity contribution in [2.45, 2.75) is 18.9 Å². The molecule has 0 saturated heterocycles. The zero-order valence-corrected chi connectivity index (χ0v) is 10.0. The standard InChI is InChI=1S/C13H16FN3/c1-13(15,9-12-16-7-8-17(12)2)10-3-5-11(14)6-4-10/h3-8H,9,15H2,1-2H3. The molecule has 2 aromatic rings. The lowest BCUT2D eigenvalue weighted by Gasteiger charge is -2.24. The van der Waals surface area contributed by atoms with Gasteiger partial charge in [-0.3, -0.25) is 0 Å². The maximum Gasteiger partial charge on any atom is 0.123 e. The third kappa shape index (κ3) is 2.53. The highest BCUT2D eigenvalue weighted by Gasteiger charge is 2.23. The van der Waals surface area contributed by atoms with Gasteiger partial charge in [-0.1, -0.05) is 12.1 Å². The molecule has 0 bridgehead atoms. The lowest BCUT2D eigenvalue weighted by Crippen LogP contribution is -2.36. The van der Waals surface area contributed by atoms with Gasteiger partial charge < -0.3 is 10.3 Å². The number of hydrogen-bond acceptors (Lipinski definition) is 2. The maximum absolute atomic E-state index is 12.9. The molecule has 0 radical (unpaired) electrons. The summed E-state index contributed by atoms with van der Waals surface area (Å²) in [6.45, 7) is 1.93. The molecule has 2 rings (SSSR count). The Labute approximate surface area is 100 Å². The molecular weight excluding hydrogens is 217 g/mol. The van der Waals surface area contributed by atoms with E-state index in [1.807, 2.05) is 24.7 Å². The Morgan fingerprint density at radius 3 is 2.53 bits per heavy atom. The summed E-state index contributed by atoms with van der Waals surface area (Å²) in [6, 6.07) is 6.30. The molecule has 3 nitrogen and oxygen atoms in total. The number of nitrogens with two attached hydrogens (primary N) is 1. The second-order valence-electron chi connectivity index (χ2n) is 4.56. The van der Waals surface area contributed by atoms with Crippen molar-refractivity contribution in [1.82, 2.24) is 9.55 Å². The number of nitrogens with zero attached hydrogens (tertiary/aromatic N) is 2. The zero-order valence-electron chi connectivity index (χ0n) is 10.0. The molecule has 0 amide bonds. The number of hydrogen-bond donors (Lipinski definition) is 1. The Hall–Kier alpha value is -1.68. The first-order valence-electron chi connectivity index (χ1n) is 5.50. The fraction of sp³-hybridized carbons (Fsp3) is 0.308. The molecular formula is C13H16FN3. The largest absolute Gasteiger partial charge is 0.338 e. The Bertz CT molecular complexity index is 500. The molecule has 17 heavy (non-hydrogen) atoms. The summed E-state index contributed by atoms with van der Waals surface area (Å²) in [5.74, 6) is 0.667. The van der Waals surface area contributed by atoms with Crippen LogP contribution in [0.5, 0.6) is 0 Å². The second kappa shape index (κ2) is 4.30. The van der Waals surface area contributed by atoms with Crippen molar-refractivity contribution in [2.24, 2.45) is 12.8 Å². The fourth-order valence-electron chi connectivity index (χ4n) is 1.83. The van der Waals surface area contributed by atoms with Gasteiger partial charge in [0, 0.05) is 31.4 Å². The van der Waals surface area contributed by atoms with Gasteiger partial charge in [0.25, 0.3) is 0 Å². The van der Waals surface area contributed by atoms with E-state index in [4.69, 9.17) is 5.73 Å². The van der Waals surface area contributed by atoms with Gasteiger partial charge >= 0.3 is 0 Å². The first-order valence-corrected chi connectivity index (χ1v) is 5.50. The number of rotatable bonds is 3. The van der Waals surface area contributed by atoms with E-state index in [1.54, 1.807) is 18.3 Å². The molecule has 0 aliphatic carbocycles. The molecule has 2 N–H and O–H groups in total. The van der Waals surface area contributed by atoms with Crippen LogP contribution in [0.1, 0.15) is 18.3 Å². The zero-order chi connectivity index (χ0) is 12.5. The normalized spacial score (nSPS) is 14.6. The van der Waals surface area contributed by atoms with Crippen molar-refractivity contribution in [1.29, 1.82) is 0 Å². The minimum atomic E-state index is -0.549. The highest BCUT2D eigenvalue weighted by atomic mass is 19.1. The van der Waals surface area contributed by atoms with Gasteiger partial charge in [-0.15, -0.1) is 0 Å². The van der Waals surface area contributed by atoms with Crippen LogP contribution in [-0.2, 0) is 19.0 Å². The van der Waals surface area contributed by atoms with Crippen LogP contribution in [-0.4, -0.2) is 9.55 Å². The quantitative estimate of drug-likeness (QED) is 0.881. The van der Waals surface area contributed by atoms with Crippen molar-refractivity contribution in [3.8, 4) is 0 Å². The van der Waals surface area contributed by atoms with Crippen LogP contribution in [0.3, 0.4) is 0 Å². The smallest absolute Gasteiger partial charge is 0.123 e. The molecule has 1 atom stereocenters. The Morgan fingerprint density at radius 1 is 1.35 bits per heavy atom. The molecule has 4 heteroatoms. The van der Waals surface area contributed by atoms with Gasteiger partial charge in [0.15, 0.2) is 0 Å². The average molecular weight is 233 g/mol. The van der Waals surface area contributed by atoms with Crippen LogP contribution in [0.25, 0.3) is 0 Å². The summed E-state index contributed by atoms with van der Waals surface area (Å²) in [4.78, 5) is 4.25. The van der Waals surface area contributed by atoms with Crippen LogP contribution in [0, 0.1) is 5.82 Å². The number of benzene rings is 1. The molecule has 0 aliphatic heterocycles.